The van der Waals surface area contributed by atoms with E-state index in [4.69, 9.17) is 16.3 Å². The first-order valence-corrected chi connectivity index (χ1v) is 16.5. The second kappa shape index (κ2) is 15.2. The zero-order chi connectivity index (χ0) is 29.3. The van der Waals surface area contributed by atoms with E-state index in [0.29, 0.717) is 23.5 Å². The van der Waals surface area contributed by atoms with Gasteiger partial charge in [-0.1, -0.05) is 49.1 Å². The van der Waals surface area contributed by atoms with Crippen molar-refractivity contribution in [2.45, 2.75) is 76.0 Å². The molecule has 3 amide bonds. The highest BCUT2D eigenvalue weighted by molar-refractivity contribution is 7.09. The van der Waals surface area contributed by atoms with Gasteiger partial charge in [-0.15, -0.1) is 11.3 Å². The molecule has 0 bridgehead atoms. The number of nitrogens with zero attached hydrogens (tertiary/aromatic N) is 2. The average Bonchev–Trinajstić information content (AvgIpc) is 3.55. The molecule has 1 aliphatic carbocycles. The maximum atomic E-state index is 14.3. The third kappa shape index (κ3) is 8.24. The van der Waals surface area contributed by atoms with Crippen LogP contribution in [0, 0.1) is 5.92 Å². The number of hydrogen-bond donors (Lipinski definition) is 3. The van der Waals surface area contributed by atoms with Crippen LogP contribution in [0.2, 0.25) is 5.02 Å². The summed E-state index contributed by atoms with van der Waals surface area (Å²) in [7, 11) is 0. The van der Waals surface area contributed by atoms with Crippen LogP contribution in [-0.4, -0.2) is 78.6 Å². The van der Waals surface area contributed by atoms with E-state index in [0.717, 1.165) is 50.1 Å². The van der Waals surface area contributed by atoms with Gasteiger partial charge in [-0.25, -0.2) is 4.79 Å². The minimum absolute atomic E-state index is 0.0468. The van der Waals surface area contributed by atoms with Gasteiger partial charge >= 0.3 is 6.09 Å². The number of para-hydroxylation sites is 1. The highest BCUT2D eigenvalue weighted by atomic mass is 35.5. The molecule has 3 heterocycles. The molecule has 1 aromatic carbocycles. The molecule has 0 radical (unpaired) electrons. The molecule has 1 saturated carbocycles. The molecule has 0 spiro atoms. The predicted octanol–water partition coefficient (Wildman–Crippen LogP) is 4.41. The molecule has 3 fully saturated rings. The van der Waals surface area contributed by atoms with Crippen LogP contribution in [0.15, 0.2) is 41.8 Å². The first kappa shape index (κ1) is 30.8. The number of piperazine rings is 1. The van der Waals surface area contributed by atoms with Crippen molar-refractivity contribution in [2.75, 3.05) is 32.7 Å². The minimum atomic E-state index is -0.825. The predicted molar refractivity (Wildman–Crippen MR) is 165 cm³/mol. The highest BCUT2D eigenvalue weighted by Crippen LogP contribution is 2.26. The lowest BCUT2D eigenvalue weighted by Gasteiger charge is -2.42. The van der Waals surface area contributed by atoms with Gasteiger partial charge in [0.1, 0.15) is 6.04 Å². The second-order valence-corrected chi connectivity index (χ2v) is 13.0. The van der Waals surface area contributed by atoms with E-state index in [1.807, 2.05) is 17.5 Å². The molecular weight excluding hydrogens is 574 g/mol. The van der Waals surface area contributed by atoms with Crippen LogP contribution >= 0.6 is 22.9 Å². The molecule has 1 aromatic heterocycles. The molecule has 3 aliphatic rings. The van der Waals surface area contributed by atoms with Crippen LogP contribution in [0.4, 0.5) is 4.79 Å². The van der Waals surface area contributed by atoms with E-state index in [1.54, 1.807) is 40.5 Å². The SMILES string of the molecule is O=C(NCc1cccs1)[C@@H]1CN(C(=O)Oc2ccccc2Cl)CCN1C(=O)C(CC1CCNCC1)NC1CCCCC1. The minimum Gasteiger partial charge on any atom is -0.409 e. The van der Waals surface area contributed by atoms with Gasteiger partial charge in [-0.3, -0.25) is 9.59 Å². The topological polar surface area (TPSA) is 103 Å². The number of ether oxygens (including phenoxy) is 1. The Bertz CT molecular complexity index is 1170. The van der Waals surface area contributed by atoms with Crippen LogP contribution in [0.5, 0.6) is 5.75 Å². The Morgan fingerprint density at radius 3 is 2.55 bits per heavy atom. The van der Waals surface area contributed by atoms with Gasteiger partial charge in [-0.05, 0) is 74.7 Å². The Balaban J connectivity index is 1.32. The normalized spacial score (nSPS) is 21.1. The lowest BCUT2D eigenvalue weighted by Crippen LogP contribution is -2.65. The molecule has 5 rings (SSSR count). The summed E-state index contributed by atoms with van der Waals surface area (Å²) < 4.78 is 5.58. The van der Waals surface area contributed by atoms with Crippen molar-refractivity contribution in [3.8, 4) is 5.75 Å². The highest BCUT2D eigenvalue weighted by Gasteiger charge is 2.41. The number of carbonyl (C=O) groups excluding carboxylic acids is 3. The second-order valence-electron chi connectivity index (χ2n) is 11.6. The van der Waals surface area contributed by atoms with Crippen molar-refractivity contribution in [2.24, 2.45) is 5.92 Å². The first-order chi connectivity index (χ1) is 20.5. The largest absolute Gasteiger partial charge is 0.415 e. The molecule has 228 valence electrons. The summed E-state index contributed by atoms with van der Waals surface area (Å²) in [5.74, 6) is 0.397. The van der Waals surface area contributed by atoms with Crippen LogP contribution in [0.1, 0.15) is 56.2 Å². The fraction of sp³-hybridized carbons (Fsp3) is 0.581. The van der Waals surface area contributed by atoms with E-state index in [9.17, 15) is 14.4 Å². The summed E-state index contributed by atoms with van der Waals surface area (Å²) in [6, 6.07) is 9.83. The third-order valence-corrected chi connectivity index (χ3v) is 9.83. The van der Waals surface area contributed by atoms with Gasteiger partial charge in [0.05, 0.1) is 24.2 Å². The van der Waals surface area contributed by atoms with Gasteiger partial charge in [0.15, 0.2) is 5.75 Å². The fourth-order valence-corrected chi connectivity index (χ4v) is 7.09. The lowest BCUT2D eigenvalue weighted by atomic mass is 9.88. The fourth-order valence-electron chi connectivity index (χ4n) is 6.27. The summed E-state index contributed by atoms with van der Waals surface area (Å²) in [5, 5.41) is 12.5. The molecule has 2 atom stereocenters. The molecule has 3 N–H and O–H groups in total. The van der Waals surface area contributed by atoms with Gasteiger partial charge in [0, 0.05) is 24.0 Å². The van der Waals surface area contributed by atoms with E-state index in [1.165, 1.54) is 24.2 Å². The Kier molecular flexibility index (Phi) is 11.1. The maximum Gasteiger partial charge on any atom is 0.415 e. The van der Waals surface area contributed by atoms with E-state index < -0.39 is 12.1 Å². The number of halogens is 1. The maximum absolute atomic E-state index is 14.3. The van der Waals surface area contributed by atoms with Gasteiger partial charge in [0.25, 0.3) is 0 Å². The number of thiophene rings is 1. The van der Waals surface area contributed by atoms with Gasteiger partial charge in [0.2, 0.25) is 11.8 Å². The molecule has 1 unspecified atom stereocenters. The lowest BCUT2D eigenvalue weighted by molar-refractivity contribution is -0.145. The number of nitrogens with one attached hydrogen (secondary N) is 3. The van der Waals surface area contributed by atoms with Crippen molar-refractivity contribution in [3.05, 3.63) is 51.7 Å². The average molecular weight is 616 g/mol. The summed E-state index contributed by atoms with van der Waals surface area (Å²) in [6.45, 7) is 2.88. The Labute approximate surface area is 257 Å². The number of carbonyl (C=O) groups is 3. The molecular formula is C31H42ClN5O4S. The Morgan fingerprint density at radius 2 is 1.81 bits per heavy atom. The monoisotopic (exact) mass is 615 g/mol. The van der Waals surface area contributed by atoms with Crippen molar-refractivity contribution in [1.82, 2.24) is 25.8 Å². The zero-order valence-electron chi connectivity index (χ0n) is 24.1. The first-order valence-electron chi connectivity index (χ1n) is 15.3. The molecule has 42 heavy (non-hydrogen) atoms. The van der Waals surface area contributed by atoms with Crippen LogP contribution in [0.25, 0.3) is 0 Å². The quantitative estimate of drug-likeness (QED) is 0.386. The molecule has 2 aliphatic heterocycles. The number of hydrogen-bond acceptors (Lipinski definition) is 7. The summed E-state index contributed by atoms with van der Waals surface area (Å²) in [5.41, 5.74) is 0. The number of rotatable bonds is 9. The van der Waals surface area contributed by atoms with Gasteiger partial charge < -0.3 is 30.5 Å². The van der Waals surface area contributed by atoms with Crippen LogP contribution < -0.4 is 20.7 Å². The van der Waals surface area contributed by atoms with Crippen LogP contribution in [0.3, 0.4) is 0 Å². The standard InChI is InChI=1S/C31H42ClN5O4S/c32-25-10-4-5-11-28(25)41-31(40)36-16-17-37(27(21-36)29(38)34-20-24-9-6-18-42-24)30(39)26(19-22-12-14-33-15-13-22)35-23-7-2-1-3-8-23/h4-6,9-11,18,22-23,26-27,33,35H,1-3,7-8,12-17,19-21H2,(H,34,38)/t26?,27-/m0/s1. The summed E-state index contributed by atoms with van der Waals surface area (Å²) >= 11 is 7.78. The van der Waals surface area contributed by atoms with E-state index >= 15 is 0 Å². The van der Waals surface area contributed by atoms with Crippen LogP contribution in [-0.2, 0) is 16.1 Å². The summed E-state index contributed by atoms with van der Waals surface area (Å²) in [4.78, 5) is 45.4. The number of piperidine rings is 1. The zero-order valence-corrected chi connectivity index (χ0v) is 25.6. The van der Waals surface area contributed by atoms with Gasteiger partial charge in [-0.2, -0.15) is 0 Å². The molecule has 2 aromatic rings. The van der Waals surface area contributed by atoms with E-state index in [-0.39, 0.29) is 43.2 Å². The molecule has 11 heteroatoms. The van der Waals surface area contributed by atoms with E-state index in [2.05, 4.69) is 16.0 Å². The molecule has 2 saturated heterocycles. The third-order valence-electron chi connectivity index (χ3n) is 8.64. The van der Waals surface area contributed by atoms with Crippen molar-refractivity contribution >= 4 is 40.8 Å². The smallest absolute Gasteiger partial charge is 0.409 e. The van der Waals surface area contributed by atoms with Crippen molar-refractivity contribution in [1.29, 1.82) is 0 Å². The van der Waals surface area contributed by atoms with Crippen molar-refractivity contribution < 1.29 is 19.1 Å². The number of benzene rings is 1. The number of amides is 3. The summed E-state index contributed by atoms with van der Waals surface area (Å²) in [6.07, 6.45) is 7.99. The Morgan fingerprint density at radius 1 is 1.02 bits per heavy atom. The molecule has 9 nitrogen and oxygen atoms in total. The van der Waals surface area contributed by atoms with Crippen molar-refractivity contribution in [3.63, 3.8) is 0 Å². The Hall–Kier alpha value is -2.66.